The zero-order chi connectivity index (χ0) is 15.6. The van der Waals surface area contributed by atoms with Crippen LogP contribution in [0.2, 0.25) is 0 Å². The summed E-state index contributed by atoms with van der Waals surface area (Å²) in [5.41, 5.74) is 0.901. The smallest absolute Gasteiger partial charge is 0.269 e. The molecule has 0 aliphatic rings. The first-order valence-corrected chi connectivity index (χ1v) is 6.52. The molecule has 0 aliphatic heterocycles. The van der Waals surface area contributed by atoms with Gasteiger partial charge < -0.3 is 4.57 Å². The first-order valence-electron chi connectivity index (χ1n) is 5.98. The van der Waals surface area contributed by atoms with Gasteiger partial charge >= 0.3 is 0 Å². The first-order chi connectivity index (χ1) is 9.93. The van der Waals surface area contributed by atoms with Gasteiger partial charge in [0.15, 0.2) is 5.78 Å². The van der Waals surface area contributed by atoms with E-state index in [9.17, 15) is 19.7 Å². The highest BCUT2D eigenvalue weighted by Crippen LogP contribution is 2.17. The van der Waals surface area contributed by atoms with Crippen molar-refractivity contribution in [3.8, 4) is 0 Å². The van der Waals surface area contributed by atoms with E-state index in [1.807, 2.05) is 0 Å². The SMILES string of the molecule is Cn1cc(C(=O)CCl)cc1C(=O)c1ccc([N+](=O)[O-])cc1. The van der Waals surface area contributed by atoms with Crippen LogP contribution in [0, 0.1) is 10.1 Å². The minimum Gasteiger partial charge on any atom is -0.347 e. The minimum absolute atomic E-state index is 0.0866. The van der Waals surface area contributed by atoms with Gasteiger partial charge in [-0.1, -0.05) is 0 Å². The van der Waals surface area contributed by atoms with Gasteiger partial charge in [-0.3, -0.25) is 19.7 Å². The predicted octanol–water partition coefficient (Wildman–Crippen LogP) is 2.59. The molecule has 1 heterocycles. The van der Waals surface area contributed by atoms with Crippen LogP contribution in [0.1, 0.15) is 26.4 Å². The van der Waals surface area contributed by atoms with Gasteiger partial charge in [0.2, 0.25) is 5.78 Å². The summed E-state index contributed by atoms with van der Waals surface area (Å²) in [6.07, 6.45) is 1.53. The summed E-state index contributed by atoms with van der Waals surface area (Å²) in [4.78, 5) is 33.9. The average molecular weight is 307 g/mol. The van der Waals surface area contributed by atoms with Crippen LogP contribution >= 0.6 is 11.6 Å². The van der Waals surface area contributed by atoms with E-state index in [4.69, 9.17) is 11.6 Å². The first kappa shape index (κ1) is 14.9. The van der Waals surface area contributed by atoms with E-state index in [0.717, 1.165) is 0 Å². The van der Waals surface area contributed by atoms with Crippen LogP contribution in [0.5, 0.6) is 0 Å². The van der Waals surface area contributed by atoms with Crippen molar-refractivity contribution in [3.63, 3.8) is 0 Å². The molecule has 0 saturated carbocycles. The molecule has 2 aromatic rings. The zero-order valence-corrected chi connectivity index (χ0v) is 11.8. The maximum absolute atomic E-state index is 12.3. The van der Waals surface area contributed by atoms with Crippen LogP contribution in [-0.2, 0) is 7.05 Å². The molecule has 0 fully saturated rings. The number of non-ortho nitro benzene ring substituents is 1. The van der Waals surface area contributed by atoms with Crippen molar-refractivity contribution >= 4 is 28.9 Å². The van der Waals surface area contributed by atoms with Gasteiger partial charge in [0.25, 0.3) is 5.69 Å². The predicted molar refractivity (Wildman–Crippen MR) is 77.0 cm³/mol. The van der Waals surface area contributed by atoms with Crippen molar-refractivity contribution in [2.24, 2.45) is 7.05 Å². The number of benzene rings is 1. The molecule has 0 bridgehead atoms. The Labute approximate surface area is 125 Å². The van der Waals surface area contributed by atoms with Gasteiger partial charge in [-0.25, -0.2) is 0 Å². The number of halogens is 1. The lowest BCUT2D eigenvalue weighted by molar-refractivity contribution is -0.384. The summed E-state index contributed by atoms with van der Waals surface area (Å²) >= 11 is 5.48. The fourth-order valence-electron chi connectivity index (χ4n) is 1.90. The van der Waals surface area contributed by atoms with Gasteiger partial charge in [-0.2, -0.15) is 0 Å². The lowest BCUT2D eigenvalue weighted by Crippen LogP contribution is -2.06. The van der Waals surface area contributed by atoms with Gasteiger partial charge in [-0.15, -0.1) is 11.6 Å². The lowest BCUT2D eigenvalue weighted by Gasteiger charge is -2.02. The Morgan fingerprint density at radius 2 is 1.86 bits per heavy atom. The number of hydrogen-bond acceptors (Lipinski definition) is 4. The van der Waals surface area contributed by atoms with Crippen molar-refractivity contribution in [1.29, 1.82) is 0 Å². The summed E-state index contributed by atoms with van der Waals surface area (Å²) in [6, 6.07) is 6.77. The molecule has 1 aromatic heterocycles. The van der Waals surface area contributed by atoms with E-state index in [0.29, 0.717) is 16.8 Å². The maximum atomic E-state index is 12.3. The summed E-state index contributed by atoms with van der Waals surface area (Å²) in [5.74, 6) is -0.745. The Hall–Kier alpha value is -2.47. The largest absolute Gasteiger partial charge is 0.347 e. The number of rotatable bonds is 5. The average Bonchev–Trinajstić information content (AvgIpc) is 2.87. The third-order valence-corrected chi connectivity index (χ3v) is 3.26. The summed E-state index contributed by atoms with van der Waals surface area (Å²) in [5, 5.41) is 10.6. The summed E-state index contributed by atoms with van der Waals surface area (Å²) < 4.78 is 1.53. The van der Waals surface area contributed by atoms with Crippen molar-refractivity contribution in [3.05, 3.63) is 63.5 Å². The standard InChI is InChI=1S/C14H11ClN2O4/c1-16-8-10(13(18)7-15)6-12(16)14(19)9-2-4-11(5-3-9)17(20)21/h2-6,8H,7H2,1H3. The lowest BCUT2D eigenvalue weighted by atomic mass is 10.1. The molecule has 0 saturated heterocycles. The van der Waals surface area contributed by atoms with Gasteiger partial charge in [0.1, 0.15) is 0 Å². The van der Waals surface area contributed by atoms with E-state index >= 15 is 0 Å². The highest BCUT2D eigenvalue weighted by atomic mass is 35.5. The molecule has 108 valence electrons. The number of aromatic nitrogens is 1. The van der Waals surface area contributed by atoms with Gasteiger partial charge in [0, 0.05) is 36.5 Å². The quantitative estimate of drug-likeness (QED) is 0.368. The normalized spacial score (nSPS) is 10.4. The van der Waals surface area contributed by atoms with Crippen molar-refractivity contribution in [2.45, 2.75) is 0 Å². The summed E-state index contributed by atoms with van der Waals surface area (Å²) in [6.45, 7) is 0. The highest BCUT2D eigenvalue weighted by Gasteiger charge is 2.17. The second kappa shape index (κ2) is 5.88. The molecule has 0 amide bonds. The molecule has 21 heavy (non-hydrogen) atoms. The van der Waals surface area contributed by atoms with Crippen LogP contribution in [0.3, 0.4) is 0 Å². The number of nitrogens with zero attached hydrogens (tertiary/aromatic N) is 2. The highest BCUT2D eigenvalue weighted by molar-refractivity contribution is 6.30. The molecule has 0 spiro atoms. The molecule has 0 N–H and O–H groups in total. The number of carbonyl (C=O) groups excluding carboxylic acids is 2. The molecule has 1 aromatic carbocycles. The van der Waals surface area contributed by atoms with E-state index in [-0.39, 0.29) is 23.1 Å². The van der Waals surface area contributed by atoms with Crippen LogP contribution < -0.4 is 0 Å². The molecule has 0 atom stereocenters. The van der Waals surface area contributed by atoms with Gasteiger partial charge in [-0.05, 0) is 18.2 Å². The third-order valence-electron chi connectivity index (χ3n) is 3.02. The van der Waals surface area contributed by atoms with Crippen molar-refractivity contribution in [1.82, 2.24) is 4.57 Å². The van der Waals surface area contributed by atoms with Crippen LogP contribution in [0.25, 0.3) is 0 Å². The second-order valence-corrected chi connectivity index (χ2v) is 4.68. The number of alkyl halides is 1. The molecule has 0 radical (unpaired) electrons. The summed E-state index contributed by atoms with van der Waals surface area (Å²) in [7, 11) is 1.64. The van der Waals surface area contributed by atoms with E-state index in [2.05, 4.69) is 0 Å². The van der Waals surface area contributed by atoms with Crippen LogP contribution in [-0.4, -0.2) is 26.9 Å². The van der Waals surface area contributed by atoms with Gasteiger partial charge in [0.05, 0.1) is 16.5 Å². The van der Waals surface area contributed by atoms with Crippen LogP contribution in [0.4, 0.5) is 5.69 Å². The third kappa shape index (κ3) is 3.00. The monoisotopic (exact) mass is 306 g/mol. The Morgan fingerprint density at radius 3 is 2.38 bits per heavy atom. The number of nitro groups is 1. The Kier molecular flexibility index (Phi) is 4.18. The van der Waals surface area contributed by atoms with Crippen molar-refractivity contribution in [2.75, 3.05) is 5.88 Å². The number of aryl methyl sites for hydroxylation is 1. The molecular formula is C14H11ClN2O4. The number of ketones is 2. The fraction of sp³-hybridized carbons (Fsp3) is 0.143. The number of hydrogen-bond donors (Lipinski definition) is 0. The molecular weight excluding hydrogens is 296 g/mol. The Balaban J connectivity index is 2.33. The second-order valence-electron chi connectivity index (χ2n) is 4.41. The minimum atomic E-state index is -0.534. The van der Waals surface area contributed by atoms with E-state index in [1.165, 1.54) is 41.1 Å². The molecule has 2 rings (SSSR count). The van der Waals surface area contributed by atoms with Crippen LogP contribution in [0.15, 0.2) is 36.5 Å². The van der Waals surface area contributed by atoms with Crippen molar-refractivity contribution < 1.29 is 14.5 Å². The Morgan fingerprint density at radius 1 is 1.24 bits per heavy atom. The maximum Gasteiger partial charge on any atom is 0.269 e. The van der Waals surface area contributed by atoms with E-state index in [1.54, 1.807) is 7.05 Å². The zero-order valence-electron chi connectivity index (χ0n) is 11.1. The number of carbonyl (C=O) groups is 2. The number of nitro benzene ring substituents is 1. The topological polar surface area (TPSA) is 82.2 Å². The fourth-order valence-corrected chi connectivity index (χ4v) is 2.06. The molecule has 7 heteroatoms. The number of Topliss-reactive ketones (excluding diaryl/α,β-unsaturated/α-hetero) is 1. The molecule has 0 unspecified atom stereocenters. The molecule has 0 aliphatic carbocycles. The van der Waals surface area contributed by atoms with E-state index < -0.39 is 4.92 Å². The Bertz CT molecular complexity index is 719. The molecule has 6 nitrogen and oxygen atoms in total.